The maximum absolute atomic E-state index is 13.4. The Morgan fingerprint density at radius 1 is 0.946 bits per heavy atom. The number of carbonyl (C=O) groups excluding carboxylic acids is 1. The fraction of sp³-hybridized carbons (Fsp3) is 0.233. The van der Waals surface area contributed by atoms with Crippen LogP contribution >= 0.6 is 0 Å². The number of carboxylic acids is 1. The van der Waals surface area contributed by atoms with Crippen LogP contribution in [0.4, 0.5) is 0 Å². The Bertz CT molecular complexity index is 1390. The van der Waals surface area contributed by atoms with Gasteiger partial charge in [-0.05, 0) is 56.5 Å². The van der Waals surface area contributed by atoms with Gasteiger partial charge in [0.1, 0.15) is 11.5 Å². The van der Waals surface area contributed by atoms with Gasteiger partial charge in [0.15, 0.2) is 11.4 Å². The molecular formula is C30H30N2O5. The largest absolute Gasteiger partial charge is 0.497 e. The van der Waals surface area contributed by atoms with E-state index in [2.05, 4.69) is 0 Å². The highest BCUT2D eigenvalue weighted by Crippen LogP contribution is 2.24. The van der Waals surface area contributed by atoms with Gasteiger partial charge in [0.05, 0.1) is 12.8 Å². The second-order valence-electron chi connectivity index (χ2n) is 9.24. The zero-order chi connectivity index (χ0) is 26.4. The lowest BCUT2D eigenvalue weighted by molar-refractivity contribution is -0.152. The molecule has 0 unspecified atom stereocenters. The Balaban J connectivity index is 1.54. The molecule has 1 N–H and O–H groups in total. The maximum Gasteiger partial charge on any atom is 0.347 e. The standard InChI is InChI=1S/C30H30N2O5/c1-30(2,29(34)35)37-25-16-7-10-21(18-25)11-9-17-32-20-26(22-12-5-4-6-13-22)31-28(32)27(33)23-14-8-15-24(19-23)36-3/h4-8,10,12-16,18-20H,9,11,17H2,1-3H3,(H,34,35). The third-order valence-electron chi connectivity index (χ3n) is 6.03. The Labute approximate surface area is 216 Å². The summed E-state index contributed by atoms with van der Waals surface area (Å²) in [5.74, 6) is 0.286. The van der Waals surface area contributed by atoms with Gasteiger partial charge in [-0.1, -0.05) is 54.6 Å². The van der Waals surface area contributed by atoms with Gasteiger partial charge in [-0.25, -0.2) is 9.78 Å². The lowest BCUT2D eigenvalue weighted by Gasteiger charge is -2.21. The highest BCUT2D eigenvalue weighted by Gasteiger charge is 2.29. The lowest BCUT2D eigenvalue weighted by atomic mass is 10.1. The lowest BCUT2D eigenvalue weighted by Crippen LogP contribution is -2.37. The van der Waals surface area contributed by atoms with Crippen LogP contribution in [0.15, 0.2) is 85.1 Å². The fourth-order valence-corrected chi connectivity index (χ4v) is 3.97. The van der Waals surface area contributed by atoms with E-state index >= 15 is 0 Å². The molecule has 37 heavy (non-hydrogen) atoms. The third-order valence-corrected chi connectivity index (χ3v) is 6.03. The second-order valence-corrected chi connectivity index (χ2v) is 9.24. The first-order valence-corrected chi connectivity index (χ1v) is 12.1. The number of nitrogens with zero attached hydrogens (tertiary/aromatic N) is 2. The van der Waals surface area contributed by atoms with E-state index in [1.165, 1.54) is 13.8 Å². The van der Waals surface area contributed by atoms with E-state index in [0.717, 1.165) is 29.7 Å². The minimum atomic E-state index is -1.32. The molecule has 0 saturated carbocycles. The van der Waals surface area contributed by atoms with Crippen LogP contribution in [-0.4, -0.2) is 39.1 Å². The molecule has 1 aromatic heterocycles. The number of hydrogen-bond acceptors (Lipinski definition) is 5. The number of rotatable bonds is 11. The van der Waals surface area contributed by atoms with Crippen molar-refractivity contribution in [3.8, 4) is 22.8 Å². The number of aliphatic carboxylic acids is 1. The summed E-state index contributed by atoms with van der Waals surface area (Å²) >= 11 is 0. The van der Waals surface area contributed by atoms with E-state index in [4.69, 9.17) is 14.5 Å². The Morgan fingerprint density at radius 2 is 1.68 bits per heavy atom. The molecule has 7 nitrogen and oxygen atoms in total. The van der Waals surface area contributed by atoms with Gasteiger partial charge in [0.2, 0.25) is 5.78 Å². The van der Waals surface area contributed by atoms with E-state index in [1.807, 2.05) is 59.3 Å². The van der Waals surface area contributed by atoms with E-state index in [-0.39, 0.29) is 5.78 Å². The van der Waals surface area contributed by atoms with Crippen LogP contribution in [0.1, 0.15) is 42.0 Å². The Hall–Kier alpha value is -4.39. The van der Waals surface area contributed by atoms with Crippen molar-refractivity contribution in [2.45, 2.75) is 38.8 Å². The number of aromatic nitrogens is 2. The molecule has 4 rings (SSSR count). The van der Waals surface area contributed by atoms with E-state index < -0.39 is 11.6 Å². The first kappa shape index (κ1) is 25.7. The summed E-state index contributed by atoms with van der Waals surface area (Å²) in [6, 6.07) is 24.3. The summed E-state index contributed by atoms with van der Waals surface area (Å²) in [4.78, 5) is 29.5. The summed E-state index contributed by atoms with van der Waals surface area (Å²) < 4.78 is 12.9. The molecule has 0 atom stereocenters. The van der Waals surface area contributed by atoms with E-state index in [0.29, 0.717) is 29.4 Å². The number of carbonyl (C=O) groups is 2. The first-order chi connectivity index (χ1) is 17.8. The Kier molecular flexibility index (Phi) is 7.72. The van der Waals surface area contributed by atoms with Crippen LogP contribution < -0.4 is 9.47 Å². The third kappa shape index (κ3) is 6.25. The smallest absolute Gasteiger partial charge is 0.347 e. The number of carboxylic acid groups (broad SMARTS) is 1. The molecule has 0 aliphatic heterocycles. The predicted molar refractivity (Wildman–Crippen MR) is 141 cm³/mol. The minimum absolute atomic E-state index is 0.174. The van der Waals surface area contributed by atoms with Gasteiger partial charge >= 0.3 is 5.97 Å². The molecule has 0 aliphatic rings. The molecule has 0 bridgehead atoms. The van der Waals surface area contributed by atoms with Crippen molar-refractivity contribution in [2.24, 2.45) is 0 Å². The summed E-state index contributed by atoms with van der Waals surface area (Å²) in [5.41, 5.74) is 1.88. The first-order valence-electron chi connectivity index (χ1n) is 12.1. The highest BCUT2D eigenvalue weighted by molar-refractivity contribution is 6.07. The number of benzene rings is 3. The van der Waals surface area contributed by atoms with Crippen LogP contribution in [0, 0.1) is 0 Å². The summed E-state index contributed by atoms with van der Waals surface area (Å²) in [7, 11) is 1.57. The molecule has 1 heterocycles. The van der Waals surface area contributed by atoms with Gasteiger partial charge in [-0.15, -0.1) is 0 Å². The van der Waals surface area contributed by atoms with Crippen molar-refractivity contribution in [1.82, 2.24) is 9.55 Å². The molecule has 0 aliphatic carbocycles. The van der Waals surface area contributed by atoms with Crippen molar-refractivity contribution in [3.05, 3.63) is 102 Å². The summed E-state index contributed by atoms with van der Waals surface area (Å²) in [5, 5.41) is 9.34. The number of imidazole rings is 1. The van der Waals surface area contributed by atoms with Crippen LogP contribution in [-0.2, 0) is 17.8 Å². The van der Waals surface area contributed by atoms with Gasteiger partial charge in [0.25, 0.3) is 0 Å². The van der Waals surface area contributed by atoms with Crippen molar-refractivity contribution < 1.29 is 24.2 Å². The molecule has 0 radical (unpaired) electrons. The molecular weight excluding hydrogens is 468 g/mol. The second kappa shape index (κ2) is 11.1. The van der Waals surface area contributed by atoms with Crippen molar-refractivity contribution in [1.29, 1.82) is 0 Å². The van der Waals surface area contributed by atoms with Crippen LogP contribution in [0.25, 0.3) is 11.3 Å². The number of hydrogen-bond donors (Lipinski definition) is 1. The van der Waals surface area contributed by atoms with Gasteiger partial charge in [-0.3, -0.25) is 4.79 Å². The monoisotopic (exact) mass is 498 g/mol. The van der Waals surface area contributed by atoms with Gasteiger partial charge in [-0.2, -0.15) is 0 Å². The molecule has 0 fully saturated rings. The van der Waals surface area contributed by atoms with E-state index in [1.54, 1.807) is 37.4 Å². The SMILES string of the molecule is COc1cccc(C(=O)c2nc(-c3ccccc3)cn2CCCc2cccc(OC(C)(C)C(=O)O)c2)c1. The molecule has 4 aromatic rings. The predicted octanol–water partition coefficient (Wildman–Crippen LogP) is 5.66. The minimum Gasteiger partial charge on any atom is -0.497 e. The van der Waals surface area contributed by atoms with Crippen LogP contribution in [0.2, 0.25) is 0 Å². The molecule has 0 amide bonds. The van der Waals surface area contributed by atoms with Gasteiger partial charge in [0, 0.05) is 23.9 Å². The number of ether oxygens (including phenoxy) is 2. The molecule has 0 spiro atoms. The van der Waals surface area contributed by atoms with Gasteiger partial charge < -0.3 is 19.1 Å². The molecule has 7 heteroatoms. The molecule has 190 valence electrons. The molecule has 0 saturated heterocycles. The maximum atomic E-state index is 13.4. The Morgan fingerprint density at radius 3 is 2.41 bits per heavy atom. The van der Waals surface area contributed by atoms with Crippen LogP contribution in [0.5, 0.6) is 11.5 Å². The topological polar surface area (TPSA) is 90.6 Å². The van der Waals surface area contributed by atoms with Crippen molar-refractivity contribution in [2.75, 3.05) is 7.11 Å². The zero-order valence-electron chi connectivity index (χ0n) is 21.2. The van der Waals surface area contributed by atoms with E-state index in [9.17, 15) is 14.7 Å². The highest BCUT2D eigenvalue weighted by atomic mass is 16.5. The quantitative estimate of drug-likeness (QED) is 0.268. The number of ketones is 1. The number of aryl methyl sites for hydroxylation is 2. The average Bonchev–Trinajstić information content (AvgIpc) is 3.33. The molecule has 3 aromatic carbocycles. The number of methoxy groups -OCH3 is 1. The average molecular weight is 499 g/mol. The summed E-state index contributed by atoms with van der Waals surface area (Å²) in [6.45, 7) is 3.62. The summed E-state index contributed by atoms with van der Waals surface area (Å²) in [6.07, 6.45) is 3.38. The normalized spacial score (nSPS) is 11.2. The van der Waals surface area contributed by atoms with Crippen LogP contribution in [0.3, 0.4) is 0 Å². The van der Waals surface area contributed by atoms with Crippen molar-refractivity contribution >= 4 is 11.8 Å². The van der Waals surface area contributed by atoms with Crippen molar-refractivity contribution in [3.63, 3.8) is 0 Å². The zero-order valence-corrected chi connectivity index (χ0v) is 21.2. The fourth-order valence-electron chi connectivity index (χ4n) is 3.97.